The van der Waals surface area contributed by atoms with Crippen LogP contribution in [-0.2, 0) is 9.53 Å². The second-order valence-corrected chi connectivity index (χ2v) is 6.75. The molecule has 3 fully saturated rings. The standard InChI is InChI=1S/C18H24O5/c1-10-6-12-13(9-18(10,2)23-17(12)19)11-7-14(20-3)16(22-5)15(8-11)21-4/h7-8,10,12-13H,6,9H2,1-5H3/t10-,12-,13-,18-/m0/s1. The smallest absolute Gasteiger partial charge is 0.310 e. The number of esters is 1. The summed E-state index contributed by atoms with van der Waals surface area (Å²) in [4.78, 5) is 12.3. The third-order valence-electron chi connectivity index (χ3n) is 5.51. The van der Waals surface area contributed by atoms with Crippen LogP contribution >= 0.6 is 0 Å². The lowest BCUT2D eigenvalue weighted by Gasteiger charge is -2.51. The topological polar surface area (TPSA) is 54.0 Å². The molecule has 0 unspecified atom stereocenters. The maximum absolute atomic E-state index is 12.3. The summed E-state index contributed by atoms with van der Waals surface area (Å²) in [5, 5.41) is 0. The maximum Gasteiger partial charge on any atom is 0.310 e. The molecule has 126 valence electrons. The Bertz CT molecular complexity index is 601. The van der Waals surface area contributed by atoms with Crippen LogP contribution in [0.4, 0.5) is 0 Å². The summed E-state index contributed by atoms with van der Waals surface area (Å²) < 4.78 is 21.9. The van der Waals surface area contributed by atoms with Gasteiger partial charge < -0.3 is 18.9 Å². The van der Waals surface area contributed by atoms with Gasteiger partial charge in [-0.25, -0.2) is 0 Å². The molecule has 2 bridgehead atoms. The van der Waals surface area contributed by atoms with Crippen molar-refractivity contribution in [1.29, 1.82) is 0 Å². The second-order valence-electron chi connectivity index (χ2n) is 6.75. The molecular weight excluding hydrogens is 296 g/mol. The van der Waals surface area contributed by atoms with E-state index in [9.17, 15) is 4.79 Å². The maximum atomic E-state index is 12.3. The van der Waals surface area contributed by atoms with E-state index in [1.807, 2.05) is 19.1 Å². The molecular formula is C18H24O5. The Kier molecular flexibility index (Phi) is 3.90. The van der Waals surface area contributed by atoms with Gasteiger partial charge in [-0.05, 0) is 43.4 Å². The number of rotatable bonds is 4. The number of carbonyl (C=O) groups excluding carboxylic acids is 1. The molecule has 3 aliphatic rings. The lowest BCUT2D eigenvalue weighted by Crippen LogP contribution is -2.54. The molecule has 0 N–H and O–H groups in total. The second kappa shape index (κ2) is 5.62. The highest BCUT2D eigenvalue weighted by Crippen LogP contribution is 2.54. The summed E-state index contributed by atoms with van der Waals surface area (Å²) in [6.45, 7) is 4.20. The molecule has 2 saturated heterocycles. The van der Waals surface area contributed by atoms with Gasteiger partial charge in [0.15, 0.2) is 11.5 Å². The van der Waals surface area contributed by atoms with Gasteiger partial charge in [0.1, 0.15) is 5.60 Å². The summed E-state index contributed by atoms with van der Waals surface area (Å²) in [5.74, 6) is 2.12. The molecule has 5 heteroatoms. The first-order valence-corrected chi connectivity index (χ1v) is 7.96. The van der Waals surface area contributed by atoms with Gasteiger partial charge in [0.25, 0.3) is 0 Å². The van der Waals surface area contributed by atoms with Crippen molar-refractivity contribution < 1.29 is 23.7 Å². The summed E-state index contributed by atoms with van der Waals surface area (Å²) in [6, 6.07) is 3.90. The molecule has 2 heterocycles. The number of benzene rings is 1. The molecule has 0 spiro atoms. The molecule has 5 nitrogen and oxygen atoms in total. The van der Waals surface area contributed by atoms with E-state index in [0.717, 1.165) is 18.4 Å². The normalized spacial score (nSPS) is 32.4. The van der Waals surface area contributed by atoms with E-state index < -0.39 is 5.60 Å². The lowest BCUT2D eigenvalue weighted by molar-refractivity contribution is -0.198. The Morgan fingerprint density at radius 3 is 2.17 bits per heavy atom. The van der Waals surface area contributed by atoms with Crippen molar-refractivity contribution in [3.8, 4) is 17.2 Å². The van der Waals surface area contributed by atoms with Crippen molar-refractivity contribution >= 4 is 5.97 Å². The molecule has 4 atom stereocenters. The van der Waals surface area contributed by atoms with Gasteiger partial charge in [-0.1, -0.05) is 6.92 Å². The van der Waals surface area contributed by atoms with Gasteiger partial charge in [0, 0.05) is 5.92 Å². The number of hydrogen-bond donors (Lipinski definition) is 0. The van der Waals surface area contributed by atoms with Crippen molar-refractivity contribution in [1.82, 2.24) is 0 Å². The molecule has 1 aliphatic carbocycles. The summed E-state index contributed by atoms with van der Waals surface area (Å²) in [7, 11) is 4.79. The van der Waals surface area contributed by atoms with Crippen molar-refractivity contribution in [3.05, 3.63) is 17.7 Å². The van der Waals surface area contributed by atoms with Crippen LogP contribution in [0.25, 0.3) is 0 Å². The fourth-order valence-electron chi connectivity index (χ4n) is 3.95. The Labute approximate surface area is 136 Å². The molecule has 0 radical (unpaired) electrons. The Hall–Kier alpha value is -1.91. The van der Waals surface area contributed by atoms with Crippen LogP contribution in [0, 0.1) is 11.8 Å². The van der Waals surface area contributed by atoms with E-state index in [1.54, 1.807) is 21.3 Å². The molecule has 1 aromatic carbocycles. The van der Waals surface area contributed by atoms with Gasteiger partial charge in [-0.15, -0.1) is 0 Å². The van der Waals surface area contributed by atoms with Gasteiger partial charge in [0.05, 0.1) is 27.2 Å². The average Bonchev–Trinajstić information content (AvgIpc) is 2.54. The zero-order valence-corrected chi connectivity index (χ0v) is 14.3. The van der Waals surface area contributed by atoms with Gasteiger partial charge in [-0.2, -0.15) is 0 Å². The summed E-state index contributed by atoms with van der Waals surface area (Å²) in [5.41, 5.74) is 0.649. The molecule has 2 aliphatic heterocycles. The number of methoxy groups -OCH3 is 3. The van der Waals surface area contributed by atoms with Crippen molar-refractivity contribution in [3.63, 3.8) is 0 Å². The third-order valence-corrected chi connectivity index (χ3v) is 5.51. The predicted molar refractivity (Wildman–Crippen MR) is 85.2 cm³/mol. The zero-order chi connectivity index (χ0) is 16.8. The Balaban J connectivity index is 2.04. The van der Waals surface area contributed by atoms with Gasteiger partial charge in [0.2, 0.25) is 5.75 Å². The van der Waals surface area contributed by atoms with Gasteiger partial charge in [-0.3, -0.25) is 4.79 Å². The van der Waals surface area contributed by atoms with Crippen LogP contribution < -0.4 is 14.2 Å². The third kappa shape index (κ3) is 2.42. The first-order valence-electron chi connectivity index (χ1n) is 7.96. The first kappa shape index (κ1) is 16.0. The largest absolute Gasteiger partial charge is 0.493 e. The summed E-state index contributed by atoms with van der Waals surface area (Å²) in [6.07, 6.45) is 1.68. The molecule has 0 amide bonds. The van der Waals surface area contributed by atoms with Crippen LogP contribution in [-0.4, -0.2) is 32.9 Å². The van der Waals surface area contributed by atoms with Crippen molar-refractivity contribution in [2.75, 3.05) is 21.3 Å². The number of fused-ring (bicyclic) bond motifs is 3. The SMILES string of the molecule is COc1cc([C@@H]2C[C@]3(C)OC(=O)[C@H]2C[C@@H]3C)cc(OC)c1OC. The monoisotopic (exact) mass is 320 g/mol. The quantitative estimate of drug-likeness (QED) is 0.798. The van der Waals surface area contributed by atoms with E-state index >= 15 is 0 Å². The van der Waals surface area contributed by atoms with Crippen molar-refractivity contribution in [2.45, 2.75) is 38.2 Å². The molecule has 0 aromatic heterocycles. The molecule has 1 saturated carbocycles. The van der Waals surface area contributed by atoms with E-state index in [4.69, 9.17) is 18.9 Å². The van der Waals surface area contributed by atoms with Crippen LogP contribution in [0.2, 0.25) is 0 Å². The predicted octanol–water partition coefficient (Wildman–Crippen LogP) is 3.16. The van der Waals surface area contributed by atoms with Gasteiger partial charge >= 0.3 is 5.97 Å². The van der Waals surface area contributed by atoms with Crippen LogP contribution in [0.15, 0.2) is 12.1 Å². The molecule has 1 aromatic rings. The zero-order valence-electron chi connectivity index (χ0n) is 14.3. The van der Waals surface area contributed by atoms with Crippen molar-refractivity contribution in [2.24, 2.45) is 11.8 Å². The number of carbonyl (C=O) groups is 1. The van der Waals surface area contributed by atoms with E-state index in [0.29, 0.717) is 23.2 Å². The minimum atomic E-state index is -0.392. The minimum Gasteiger partial charge on any atom is -0.493 e. The van der Waals surface area contributed by atoms with E-state index in [-0.39, 0.29) is 17.8 Å². The number of hydrogen-bond acceptors (Lipinski definition) is 5. The average molecular weight is 320 g/mol. The van der Waals surface area contributed by atoms with E-state index in [2.05, 4.69) is 6.92 Å². The Morgan fingerprint density at radius 2 is 1.70 bits per heavy atom. The summed E-state index contributed by atoms with van der Waals surface area (Å²) >= 11 is 0. The fourth-order valence-corrected chi connectivity index (χ4v) is 3.95. The Morgan fingerprint density at radius 1 is 1.09 bits per heavy atom. The number of ether oxygens (including phenoxy) is 4. The first-order chi connectivity index (χ1) is 10.9. The van der Waals surface area contributed by atoms with Crippen LogP contribution in [0.1, 0.15) is 38.2 Å². The minimum absolute atomic E-state index is 0.0874. The highest BCUT2D eigenvalue weighted by Gasteiger charge is 2.54. The van der Waals surface area contributed by atoms with E-state index in [1.165, 1.54) is 0 Å². The molecule has 23 heavy (non-hydrogen) atoms. The molecule has 4 rings (SSSR count). The lowest BCUT2D eigenvalue weighted by atomic mass is 9.62. The highest BCUT2D eigenvalue weighted by molar-refractivity contribution is 5.76. The fraction of sp³-hybridized carbons (Fsp3) is 0.611. The highest BCUT2D eigenvalue weighted by atomic mass is 16.6. The van der Waals surface area contributed by atoms with Crippen LogP contribution in [0.3, 0.4) is 0 Å². The van der Waals surface area contributed by atoms with Crippen LogP contribution in [0.5, 0.6) is 17.2 Å².